The molecule has 7 heteroatoms. The van der Waals surface area contributed by atoms with Crippen LogP contribution < -0.4 is 10.1 Å². The molecule has 150 valence electrons. The summed E-state index contributed by atoms with van der Waals surface area (Å²) in [5.74, 6) is -1.13. The van der Waals surface area contributed by atoms with Crippen molar-refractivity contribution in [3.63, 3.8) is 0 Å². The van der Waals surface area contributed by atoms with Crippen LogP contribution in [0.15, 0.2) is 66.9 Å². The normalized spacial score (nSPS) is 12.3. The lowest BCUT2D eigenvalue weighted by atomic mass is 10.00. The first-order chi connectivity index (χ1) is 13.7. The van der Waals surface area contributed by atoms with Gasteiger partial charge in [-0.05, 0) is 66.9 Å². The lowest BCUT2D eigenvalue weighted by molar-refractivity contribution is -0.274. The van der Waals surface area contributed by atoms with Gasteiger partial charge in [0, 0.05) is 17.6 Å². The van der Waals surface area contributed by atoms with Crippen LogP contribution in [0, 0.1) is 6.92 Å². The topological polar surface area (TPSA) is 51.2 Å². The van der Waals surface area contributed by atoms with Gasteiger partial charge in [0.05, 0.1) is 5.92 Å². The van der Waals surface area contributed by atoms with E-state index in [2.05, 4.69) is 15.0 Å². The summed E-state index contributed by atoms with van der Waals surface area (Å²) in [4.78, 5) is 16.7. The quantitative estimate of drug-likeness (QED) is 0.598. The molecule has 3 rings (SSSR count). The molecule has 4 nitrogen and oxygen atoms in total. The fourth-order valence-electron chi connectivity index (χ4n) is 2.83. The van der Waals surface area contributed by atoms with Crippen molar-refractivity contribution < 1.29 is 22.7 Å². The summed E-state index contributed by atoms with van der Waals surface area (Å²) >= 11 is 0. The zero-order valence-electron chi connectivity index (χ0n) is 15.8. The number of rotatable bonds is 5. The van der Waals surface area contributed by atoms with Crippen molar-refractivity contribution in [3.05, 3.63) is 78.1 Å². The largest absolute Gasteiger partial charge is 0.573 e. The van der Waals surface area contributed by atoms with E-state index in [0.29, 0.717) is 11.3 Å². The van der Waals surface area contributed by atoms with Crippen LogP contribution in [0.2, 0.25) is 0 Å². The highest BCUT2D eigenvalue weighted by Crippen LogP contribution is 2.26. The number of aromatic nitrogens is 1. The smallest absolute Gasteiger partial charge is 0.406 e. The van der Waals surface area contributed by atoms with E-state index >= 15 is 0 Å². The Kier molecular flexibility index (Phi) is 5.87. The number of anilines is 1. The number of alkyl halides is 3. The van der Waals surface area contributed by atoms with Crippen molar-refractivity contribution in [2.75, 3.05) is 5.32 Å². The Morgan fingerprint density at radius 2 is 1.66 bits per heavy atom. The fourth-order valence-corrected chi connectivity index (χ4v) is 2.83. The number of aryl methyl sites for hydroxylation is 1. The number of hydrogen-bond acceptors (Lipinski definition) is 3. The average Bonchev–Trinajstić information content (AvgIpc) is 2.67. The standard InChI is InChI=1S/C22H19F3N2O2/c1-14-13-18(11-12-26-14)17-3-7-19(8-4-17)27-21(28)15(2)16-5-9-20(10-6-16)29-22(23,24)25/h3-13,15H,1-2H3,(H,27,28). The van der Waals surface area contributed by atoms with Crippen LogP contribution in [0.3, 0.4) is 0 Å². The monoisotopic (exact) mass is 400 g/mol. The van der Waals surface area contributed by atoms with Gasteiger partial charge in [0.15, 0.2) is 0 Å². The molecule has 0 fully saturated rings. The van der Waals surface area contributed by atoms with Gasteiger partial charge in [-0.3, -0.25) is 9.78 Å². The maximum Gasteiger partial charge on any atom is 0.573 e. The van der Waals surface area contributed by atoms with Gasteiger partial charge in [0.2, 0.25) is 5.91 Å². The van der Waals surface area contributed by atoms with E-state index < -0.39 is 12.3 Å². The van der Waals surface area contributed by atoms with Gasteiger partial charge in [-0.1, -0.05) is 24.3 Å². The predicted octanol–water partition coefficient (Wildman–Crippen LogP) is 5.70. The molecule has 1 atom stereocenters. The summed E-state index contributed by atoms with van der Waals surface area (Å²) in [5.41, 5.74) is 4.17. The Hall–Kier alpha value is -3.35. The number of ether oxygens (including phenoxy) is 1. The molecular weight excluding hydrogens is 381 g/mol. The first-order valence-corrected chi connectivity index (χ1v) is 8.91. The molecule has 0 saturated heterocycles. The van der Waals surface area contributed by atoms with E-state index in [1.165, 1.54) is 24.3 Å². The molecule has 1 N–H and O–H groups in total. The minimum Gasteiger partial charge on any atom is -0.406 e. The second kappa shape index (κ2) is 8.34. The molecule has 0 saturated carbocycles. The summed E-state index contributed by atoms with van der Waals surface area (Å²) in [6.07, 6.45) is -3.00. The Labute approximate surface area is 166 Å². The third kappa shape index (κ3) is 5.57. The van der Waals surface area contributed by atoms with Gasteiger partial charge in [0.1, 0.15) is 5.75 Å². The van der Waals surface area contributed by atoms with Gasteiger partial charge < -0.3 is 10.1 Å². The van der Waals surface area contributed by atoms with Crippen LogP contribution in [-0.2, 0) is 4.79 Å². The molecule has 29 heavy (non-hydrogen) atoms. The molecule has 1 aromatic heterocycles. The number of amides is 1. The zero-order chi connectivity index (χ0) is 21.0. The summed E-state index contributed by atoms with van der Waals surface area (Å²) in [6, 6.07) is 16.6. The molecule has 0 aliphatic carbocycles. The van der Waals surface area contributed by atoms with Crippen molar-refractivity contribution >= 4 is 11.6 Å². The second-order valence-corrected chi connectivity index (χ2v) is 6.59. The molecule has 1 heterocycles. The highest BCUT2D eigenvalue weighted by atomic mass is 19.4. The summed E-state index contributed by atoms with van der Waals surface area (Å²) in [5, 5.41) is 2.82. The van der Waals surface area contributed by atoms with Crippen molar-refractivity contribution in [2.24, 2.45) is 0 Å². The van der Waals surface area contributed by atoms with E-state index in [1.807, 2.05) is 31.2 Å². The van der Waals surface area contributed by atoms with Crippen LogP contribution in [0.5, 0.6) is 5.75 Å². The first kappa shape index (κ1) is 20.4. The molecule has 0 aliphatic heterocycles. The SMILES string of the molecule is Cc1cc(-c2ccc(NC(=O)C(C)c3ccc(OC(F)(F)F)cc3)cc2)ccn1. The minimum atomic E-state index is -4.74. The van der Waals surface area contributed by atoms with Gasteiger partial charge >= 0.3 is 6.36 Å². The van der Waals surface area contributed by atoms with E-state index in [1.54, 1.807) is 25.3 Å². The second-order valence-electron chi connectivity index (χ2n) is 6.59. The molecule has 0 spiro atoms. The summed E-state index contributed by atoms with van der Waals surface area (Å²) in [6.45, 7) is 3.60. The Balaban J connectivity index is 1.65. The van der Waals surface area contributed by atoms with Crippen molar-refractivity contribution in [1.82, 2.24) is 4.98 Å². The fraction of sp³-hybridized carbons (Fsp3) is 0.182. The van der Waals surface area contributed by atoms with Crippen LogP contribution in [0.25, 0.3) is 11.1 Å². The Morgan fingerprint density at radius 3 is 2.24 bits per heavy atom. The Morgan fingerprint density at radius 1 is 1.00 bits per heavy atom. The maximum absolute atomic E-state index is 12.5. The number of pyridine rings is 1. The third-order valence-electron chi connectivity index (χ3n) is 4.39. The van der Waals surface area contributed by atoms with Crippen LogP contribution in [-0.4, -0.2) is 17.3 Å². The number of hydrogen-bond donors (Lipinski definition) is 1. The van der Waals surface area contributed by atoms with Gasteiger partial charge in [0.25, 0.3) is 0 Å². The highest BCUT2D eigenvalue weighted by molar-refractivity contribution is 5.95. The summed E-state index contributed by atoms with van der Waals surface area (Å²) in [7, 11) is 0. The Bertz CT molecular complexity index is 984. The number of nitrogens with zero attached hydrogens (tertiary/aromatic N) is 1. The molecule has 2 aromatic carbocycles. The number of halogens is 3. The molecular formula is C22H19F3N2O2. The molecule has 0 radical (unpaired) electrons. The molecule has 1 unspecified atom stereocenters. The molecule has 0 aliphatic rings. The van der Waals surface area contributed by atoms with Crippen LogP contribution in [0.1, 0.15) is 24.1 Å². The van der Waals surface area contributed by atoms with E-state index in [0.717, 1.165) is 16.8 Å². The van der Waals surface area contributed by atoms with Crippen molar-refractivity contribution in [1.29, 1.82) is 0 Å². The third-order valence-corrected chi connectivity index (χ3v) is 4.39. The zero-order valence-corrected chi connectivity index (χ0v) is 15.8. The summed E-state index contributed by atoms with van der Waals surface area (Å²) < 4.78 is 40.6. The molecule has 0 bridgehead atoms. The average molecular weight is 400 g/mol. The minimum absolute atomic E-state index is 0.262. The van der Waals surface area contributed by atoms with Crippen LogP contribution in [0.4, 0.5) is 18.9 Å². The van der Waals surface area contributed by atoms with Gasteiger partial charge in [-0.15, -0.1) is 13.2 Å². The first-order valence-electron chi connectivity index (χ1n) is 8.91. The molecule has 1 amide bonds. The van der Waals surface area contributed by atoms with Crippen molar-refractivity contribution in [3.8, 4) is 16.9 Å². The number of benzene rings is 2. The van der Waals surface area contributed by atoms with Gasteiger partial charge in [-0.25, -0.2) is 0 Å². The predicted molar refractivity (Wildman–Crippen MR) is 105 cm³/mol. The number of carbonyl (C=O) groups is 1. The number of carbonyl (C=O) groups excluding carboxylic acids is 1. The van der Waals surface area contributed by atoms with E-state index in [9.17, 15) is 18.0 Å². The lowest BCUT2D eigenvalue weighted by Crippen LogP contribution is -2.19. The molecule has 3 aromatic rings. The van der Waals surface area contributed by atoms with Crippen molar-refractivity contribution in [2.45, 2.75) is 26.1 Å². The van der Waals surface area contributed by atoms with Gasteiger partial charge in [-0.2, -0.15) is 0 Å². The maximum atomic E-state index is 12.5. The number of nitrogens with one attached hydrogen (secondary N) is 1. The van der Waals surface area contributed by atoms with E-state index in [-0.39, 0.29) is 11.7 Å². The van der Waals surface area contributed by atoms with Crippen LogP contribution >= 0.6 is 0 Å². The van der Waals surface area contributed by atoms with E-state index in [4.69, 9.17) is 0 Å². The lowest BCUT2D eigenvalue weighted by Gasteiger charge is -2.14. The highest BCUT2D eigenvalue weighted by Gasteiger charge is 2.31.